The van der Waals surface area contributed by atoms with Crippen LogP contribution in [0, 0.1) is 0 Å². The van der Waals surface area contributed by atoms with Gasteiger partial charge in [0.25, 0.3) is 0 Å². The largest absolute Gasteiger partial charge is 0.355 e. The molecule has 4 aromatic heterocycles. The quantitative estimate of drug-likeness (QED) is 0.383. The summed E-state index contributed by atoms with van der Waals surface area (Å²) in [6, 6.07) is 13.7. The Labute approximate surface area is 186 Å². The van der Waals surface area contributed by atoms with Crippen LogP contribution < -0.4 is 0 Å². The molecule has 0 amide bonds. The van der Waals surface area contributed by atoms with Gasteiger partial charge in [-0.25, -0.2) is 9.97 Å². The molecule has 2 aliphatic rings. The molecule has 0 fully saturated rings. The van der Waals surface area contributed by atoms with Gasteiger partial charge < -0.3 is 9.97 Å². The van der Waals surface area contributed by atoms with Crippen molar-refractivity contribution < 1.29 is 4.79 Å². The number of carbonyl (C=O) groups excluding carboxylic acids is 1. The monoisotopic (exact) mass is 436 g/mol. The summed E-state index contributed by atoms with van der Waals surface area (Å²) >= 11 is 1.24. The van der Waals surface area contributed by atoms with Crippen molar-refractivity contribution in [2.75, 3.05) is 0 Å². The average Bonchev–Trinajstić information content (AvgIpc) is 3.57. The first-order chi connectivity index (χ1) is 15.7. The lowest BCUT2D eigenvalue weighted by Crippen LogP contribution is -2.03. The van der Waals surface area contributed by atoms with Crippen molar-refractivity contribution in [2.45, 2.75) is 6.42 Å². The van der Waals surface area contributed by atoms with Gasteiger partial charge in [-0.05, 0) is 78.3 Å². The van der Waals surface area contributed by atoms with Gasteiger partial charge in [0.05, 0.1) is 40.4 Å². The number of carbonyl (C=O) groups is 1. The summed E-state index contributed by atoms with van der Waals surface area (Å²) in [5.74, 6) is -0.0285. The lowest BCUT2D eigenvalue weighted by atomic mass is 10.1. The summed E-state index contributed by atoms with van der Waals surface area (Å²) in [7, 11) is 0. The average molecular weight is 437 g/mol. The SMILES string of the molecule is O=C(Cc1csnn1)c1cc2cc3nc(cc4ccc(cc5nc(cc1[nH]2)C=C5)[nH]4)C=C3. The molecule has 2 N–H and O–H groups in total. The van der Waals surface area contributed by atoms with Crippen LogP contribution in [0.15, 0.2) is 47.8 Å². The molecule has 0 saturated carbocycles. The number of fused-ring (bicyclic) bond motifs is 8. The molecule has 4 aromatic rings. The van der Waals surface area contributed by atoms with Gasteiger partial charge >= 0.3 is 0 Å². The standard InChI is InChI=1S/C24H16N6OS/c31-24(12-21-13-32-30-29-21)22-10-20-9-18-4-3-16(26-18)7-14-1-2-15(25-14)8-17-5-6-19(27-17)11-23(22)28-20/h1-11,13,25,28H,12H2. The Morgan fingerprint density at radius 1 is 0.781 bits per heavy atom. The molecule has 2 aliphatic heterocycles. The molecule has 8 heteroatoms. The van der Waals surface area contributed by atoms with Crippen LogP contribution in [-0.4, -0.2) is 35.3 Å². The highest BCUT2D eigenvalue weighted by molar-refractivity contribution is 7.03. The van der Waals surface area contributed by atoms with Crippen molar-refractivity contribution in [1.82, 2.24) is 29.5 Å². The smallest absolute Gasteiger partial charge is 0.171 e. The van der Waals surface area contributed by atoms with E-state index in [1.807, 2.05) is 66.8 Å². The Morgan fingerprint density at radius 3 is 2.03 bits per heavy atom. The van der Waals surface area contributed by atoms with Crippen molar-refractivity contribution in [3.63, 3.8) is 0 Å². The summed E-state index contributed by atoms with van der Waals surface area (Å²) in [5.41, 5.74) is 7.98. The van der Waals surface area contributed by atoms with E-state index in [4.69, 9.17) is 0 Å². The fourth-order valence-electron chi connectivity index (χ4n) is 3.77. The third-order valence-corrected chi connectivity index (χ3v) is 5.77. The fraction of sp³-hybridized carbons (Fsp3) is 0.0417. The number of aromatic nitrogens is 6. The number of hydrogen-bond acceptors (Lipinski definition) is 6. The van der Waals surface area contributed by atoms with Gasteiger partial charge in [0.15, 0.2) is 5.78 Å². The zero-order chi connectivity index (χ0) is 21.5. The number of nitrogens with one attached hydrogen (secondary N) is 2. The van der Waals surface area contributed by atoms with Crippen LogP contribution in [-0.2, 0) is 6.42 Å². The van der Waals surface area contributed by atoms with E-state index < -0.39 is 0 Å². The Morgan fingerprint density at radius 2 is 1.41 bits per heavy atom. The molecule has 0 aromatic carbocycles. The predicted octanol–water partition coefficient (Wildman–Crippen LogP) is 4.93. The van der Waals surface area contributed by atoms with E-state index in [2.05, 4.69) is 29.5 Å². The van der Waals surface area contributed by atoms with Crippen molar-refractivity contribution in [2.24, 2.45) is 0 Å². The van der Waals surface area contributed by atoms with Crippen molar-refractivity contribution in [1.29, 1.82) is 0 Å². The molecular weight excluding hydrogens is 420 g/mol. The third kappa shape index (κ3) is 3.67. The Hall–Kier alpha value is -4.17. The molecule has 6 rings (SSSR count). The number of Topliss-reactive ketones (excluding diaryl/α,β-unsaturated/α-hetero) is 1. The van der Waals surface area contributed by atoms with Crippen molar-refractivity contribution >= 4 is 63.7 Å². The van der Waals surface area contributed by atoms with E-state index >= 15 is 0 Å². The lowest BCUT2D eigenvalue weighted by Gasteiger charge is -1.95. The van der Waals surface area contributed by atoms with Gasteiger partial charge in [0.1, 0.15) is 0 Å². The summed E-state index contributed by atoms with van der Waals surface area (Å²) in [6.45, 7) is 0. The molecule has 0 saturated heterocycles. The Bertz CT molecular complexity index is 1570. The normalized spacial score (nSPS) is 12.4. The van der Waals surface area contributed by atoms with Crippen LogP contribution in [0.1, 0.15) is 38.8 Å². The maximum atomic E-state index is 13.1. The van der Waals surface area contributed by atoms with Crippen LogP contribution >= 0.6 is 11.5 Å². The second-order valence-corrected chi connectivity index (χ2v) is 8.19. The van der Waals surface area contributed by atoms with Gasteiger partial charge in [-0.1, -0.05) is 4.49 Å². The first kappa shape index (κ1) is 18.6. The zero-order valence-corrected chi connectivity index (χ0v) is 17.6. The number of hydrogen-bond donors (Lipinski definition) is 2. The van der Waals surface area contributed by atoms with Gasteiger partial charge in [-0.15, -0.1) is 5.10 Å². The molecule has 0 aliphatic carbocycles. The zero-order valence-electron chi connectivity index (χ0n) is 16.7. The second-order valence-electron chi connectivity index (χ2n) is 7.58. The Kier molecular flexibility index (Phi) is 4.36. The highest BCUT2D eigenvalue weighted by Crippen LogP contribution is 2.21. The lowest BCUT2D eigenvalue weighted by molar-refractivity contribution is 0.0993. The number of H-pyrrole nitrogens is 2. The fourth-order valence-corrected chi connectivity index (χ4v) is 4.22. The van der Waals surface area contributed by atoms with E-state index in [1.165, 1.54) is 11.5 Å². The molecule has 0 atom stereocenters. The van der Waals surface area contributed by atoms with Crippen LogP contribution in [0.5, 0.6) is 0 Å². The van der Waals surface area contributed by atoms with Crippen molar-refractivity contribution in [3.8, 4) is 0 Å². The van der Waals surface area contributed by atoms with E-state index in [0.29, 0.717) is 16.8 Å². The van der Waals surface area contributed by atoms with E-state index in [-0.39, 0.29) is 12.2 Å². The van der Waals surface area contributed by atoms with Gasteiger partial charge in [-0.3, -0.25) is 4.79 Å². The van der Waals surface area contributed by atoms with E-state index in [1.54, 1.807) is 5.38 Å². The first-order valence-electron chi connectivity index (χ1n) is 10.1. The van der Waals surface area contributed by atoms with Crippen molar-refractivity contribution in [3.05, 3.63) is 81.9 Å². The van der Waals surface area contributed by atoms with Crippen LogP contribution in [0.4, 0.5) is 0 Å². The maximum Gasteiger partial charge on any atom is 0.171 e. The molecular formula is C24H16N6OS. The topological polar surface area (TPSA) is 100 Å². The van der Waals surface area contributed by atoms with Crippen LogP contribution in [0.3, 0.4) is 0 Å². The molecule has 0 radical (unpaired) electrons. The van der Waals surface area contributed by atoms with Crippen LogP contribution in [0.2, 0.25) is 0 Å². The van der Waals surface area contributed by atoms with Crippen LogP contribution in [0.25, 0.3) is 46.4 Å². The molecule has 0 unspecified atom stereocenters. The highest BCUT2D eigenvalue weighted by atomic mass is 32.1. The second kappa shape index (κ2) is 7.51. The molecule has 32 heavy (non-hydrogen) atoms. The number of rotatable bonds is 3. The number of ketones is 1. The maximum absolute atomic E-state index is 13.1. The minimum absolute atomic E-state index is 0.0285. The third-order valence-electron chi connectivity index (χ3n) is 5.22. The van der Waals surface area contributed by atoms with Gasteiger partial charge in [-0.2, -0.15) is 0 Å². The molecule has 154 valence electrons. The van der Waals surface area contributed by atoms with Gasteiger partial charge in [0, 0.05) is 27.5 Å². The minimum Gasteiger partial charge on any atom is -0.355 e. The Balaban J connectivity index is 1.58. The minimum atomic E-state index is -0.0285. The molecule has 6 heterocycles. The summed E-state index contributed by atoms with van der Waals surface area (Å²) in [6.07, 6.45) is 8.02. The summed E-state index contributed by atoms with van der Waals surface area (Å²) in [5, 5.41) is 5.80. The molecule has 7 nitrogen and oxygen atoms in total. The molecule has 8 bridgehead atoms. The van der Waals surface area contributed by atoms with Gasteiger partial charge in [0.2, 0.25) is 0 Å². The number of aromatic amines is 2. The summed E-state index contributed by atoms with van der Waals surface area (Å²) in [4.78, 5) is 29.1. The highest BCUT2D eigenvalue weighted by Gasteiger charge is 2.14. The number of nitrogens with zero attached hydrogens (tertiary/aromatic N) is 4. The molecule has 0 spiro atoms. The first-order valence-corrected chi connectivity index (χ1v) is 10.9. The van der Waals surface area contributed by atoms with E-state index in [0.717, 1.165) is 39.3 Å². The predicted molar refractivity (Wildman–Crippen MR) is 127 cm³/mol. The summed E-state index contributed by atoms with van der Waals surface area (Å²) < 4.78 is 3.85. The van der Waals surface area contributed by atoms with E-state index in [9.17, 15) is 4.79 Å².